The van der Waals surface area contributed by atoms with Gasteiger partial charge in [0.1, 0.15) is 11.6 Å². The number of nitrogens with two attached hydrogens (primary N) is 1. The van der Waals surface area contributed by atoms with Gasteiger partial charge < -0.3 is 10.5 Å². The summed E-state index contributed by atoms with van der Waals surface area (Å²) in [7, 11) is 1.65. The van der Waals surface area contributed by atoms with E-state index in [9.17, 15) is 0 Å². The van der Waals surface area contributed by atoms with E-state index in [1.54, 1.807) is 7.11 Å². The Morgan fingerprint density at radius 1 is 1.21 bits per heavy atom. The molecule has 2 aromatic carbocycles. The molecule has 0 aromatic heterocycles. The Hall–Kier alpha value is -1.46. The number of amidine groups is 1. The molecule has 0 heterocycles. The molecular formula is C14H13BrN2OS. The Labute approximate surface area is 124 Å². The predicted octanol–water partition coefficient (Wildman–Crippen LogP) is 3.89. The Balaban J connectivity index is 2.42. The molecule has 0 amide bonds. The topological polar surface area (TPSA) is 59.1 Å². The zero-order valence-corrected chi connectivity index (χ0v) is 12.7. The number of benzene rings is 2. The summed E-state index contributed by atoms with van der Waals surface area (Å²) in [5, 5.41) is 7.63. The van der Waals surface area contributed by atoms with E-state index < -0.39 is 0 Å². The molecule has 0 atom stereocenters. The fraction of sp³-hybridized carbons (Fsp3) is 0.0714. The number of hydrogen-bond acceptors (Lipinski definition) is 3. The fourth-order valence-electron chi connectivity index (χ4n) is 1.62. The third-order valence-electron chi connectivity index (χ3n) is 2.52. The molecule has 3 N–H and O–H groups in total. The van der Waals surface area contributed by atoms with Crippen LogP contribution in [0.5, 0.6) is 5.75 Å². The van der Waals surface area contributed by atoms with Gasteiger partial charge >= 0.3 is 0 Å². The number of rotatable bonds is 4. The van der Waals surface area contributed by atoms with Gasteiger partial charge in [-0.2, -0.15) is 0 Å². The van der Waals surface area contributed by atoms with Gasteiger partial charge in [0.25, 0.3) is 0 Å². The summed E-state index contributed by atoms with van der Waals surface area (Å²) in [4.78, 5) is 1.91. The monoisotopic (exact) mass is 336 g/mol. The molecule has 98 valence electrons. The van der Waals surface area contributed by atoms with Crippen molar-refractivity contribution in [1.82, 2.24) is 0 Å². The highest BCUT2D eigenvalue weighted by atomic mass is 79.9. The van der Waals surface area contributed by atoms with Crippen LogP contribution in [0.2, 0.25) is 0 Å². The van der Waals surface area contributed by atoms with Crippen molar-refractivity contribution in [3.63, 3.8) is 0 Å². The van der Waals surface area contributed by atoms with Gasteiger partial charge in [-0.3, -0.25) is 5.41 Å². The van der Waals surface area contributed by atoms with Crippen LogP contribution in [-0.4, -0.2) is 12.9 Å². The second kappa shape index (κ2) is 6.12. The van der Waals surface area contributed by atoms with Crippen LogP contribution < -0.4 is 10.5 Å². The van der Waals surface area contributed by atoms with Crippen LogP contribution in [0.3, 0.4) is 0 Å². The van der Waals surface area contributed by atoms with E-state index in [4.69, 9.17) is 15.9 Å². The summed E-state index contributed by atoms with van der Waals surface area (Å²) in [6.07, 6.45) is 0. The normalized spacial score (nSPS) is 10.2. The molecule has 2 aromatic rings. The maximum Gasteiger partial charge on any atom is 0.132 e. The molecule has 0 aliphatic rings. The number of hydrogen-bond donors (Lipinski definition) is 2. The highest BCUT2D eigenvalue weighted by molar-refractivity contribution is 9.10. The Kier molecular flexibility index (Phi) is 4.50. The molecule has 0 aliphatic carbocycles. The SMILES string of the molecule is COc1ccccc1Sc1cc(Br)ccc1C(=N)N. The molecule has 3 nitrogen and oxygen atoms in total. The summed E-state index contributed by atoms with van der Waals surface area (Å²) in [5.41, 5.74) is 6.33. The Morgan fingerprint density at radius 2 is 1.95 bits per heavy atom. The molecule has 0 fully saturated rings. The van der Waals surface area contributed by atoms with Crippen LogP contribution >= 0.6 is 27.7 Å². The zero-order valence-electron chi connectivity index (χ0n) is 10.3. The molecular weight excluding hydrogens is 324 g/mol. The number of nitrogen functional groups attached to an aromatic ring is 1. The molecule has 0 spiro atoms. The van der Waals surface area contributed by atoms with E-state index in [1.165, 1.54) is 11.8 Å². The summed E-state index contributed by atoms with van der Waals surface area (Å²) in [6.45, 7) is 0. The number of ether oxygens (including phenoxy) is 1. The van der Waals surface area contributed by atoms with Crippen molar-refractivity contribution in [1.29, 1.82) is 5.41 Å². The van der Waals surface area contributed by atoms with Gasteiger partial charge in [-0.1, -0.05) is 39.8 Å². The molecule has 2 rings (SSSR count). The van der Waals surface area contributed by atoms with E-state index in [0.29, 0.717) is 0 Å². The molecule has 19 heavy (non-hydrogen) atoms. The van der Waals surface area contributed by atoms with Gasteiger partial charge in [0.05, 0.1) is 12.0 Å². The average Bonchev–Trinajstić information content (AvgIpc) is 2.39. The number of halogens is 1. The third kappa shape index (κ3) is 3.30. The van der Waals surface area contributed by atoms with Gasteiger partial charge in [0, 0.05) is 14.9 Å². The number of methoxy groups -OCH3 is 1. The summed E-state index contributed by atoms with van der Waals surface area (Å²) in [6, 6.07) is 13.4. The van der Waals surface area contributed by atoms with Crippen molar-refractivity contribution in [2.75, 3.05) is 7.11 Å². The van der Waals surface area contributed by atoms with Crippen LogP contribution in [0.1, 0.15) is 5.56 Å². The minimum Gasteiger partial charge on any atom is -0.496 e. The molecule has 0 saturated heterocycles. The summed E-state index contributed by atoms with van der Waals surface area (Å²) >= 11 is 4.97. The first-order chi connectivity index (χ1) is 9.11. The van der Waals surface area contributed by atoms with Gasteiger partial charge in [-0.15, -0.1) is 0 Å². The minimum atomic E-state index is 0.0601. The lowest BCUT2D eigenvalue weighted by atomic mass is 10.2. The first-order valence-corrected chi connectivity index (χ1v) is 7.17. The first kappa shape index (κ1) is 14.0. The van der Waals surface area contributed by atoms with Crippen molar-refractivity contribution in [3.05, 3.63) is 52.5 Å². The van der Waals surface area contributed by atoms with Crippen LogP contribution in [0.25, 0.3) is 0 Å². The van der Waals surface area contributed by atoms with Crippen LogP contribution in [0, 0.1) is 5.41 Å². The lowest BCUT2D eigenvalue weighted by Crippen LogP contribution is -2.12. The van der Waals surface area contributed by atoms with Crippen LogP contribution in [-0.2, 0) is 0 Å². The highest BCUT2D eigenvalue weighted by Gasteiger charge is 2.10. The van der Waals surface area contributed by atoms with Gasteiger partial charge in [-0.25, -0.2) is 0 Å². The first-order valence-electron chi connectivity index (χ1n) is 5.56. The van der Waals surface area contributed by atoms with Crippen molar-refractivity contribution in [2.24, 2.45) is 5.73 Å². The van der Waals surface area contributed by atoms with E-state index in [2.05, 4.69) is 15.9 Å². The van der Waals surface area contributed by atoms with E-state index in [1.807, 2.05) is 42.5 Å². The van der Waals surface area contributed by atoms with E-state index in [-0.39, 0.29) is 5.84 Å². The zero-order chi connectivity index (χ0) is 13.8. The molecule has 0 unspecified atom stereocenters. The average molecular weight is 337 g/mol. The number of nitrogens with one attached hydrogen (secondary N) is 1. The standard InChI is InChI=1S/C14H13BrN2OS/c1-18-11-4-2-3-5-12(11)19-13-8-9(15)6-7-10(13)14(16)17/h2-8H,1H3,(H3,16,17). The summed E-state index contributed by atoms with van der Waals surface area (Å²) in [5.74, 6) is 0.867. The maximum absolute atomic E-state index is 7.63. The largest absolute Gasteiger partial charge is 0.496 e. The smallest absolute Gasteiger partial charge is 0.132 e. The van der Waals surface area contributed by atoms with Crippen LogP contribution in [0.15, 0.2) is 56.7 Å². The van der Waals surface area contributed by atoms with Gasteiger partial charge in [-0.05, 0) is 30.3 Å². The van der Waals surface area contributed by atoms with Crippen molar-refractivity contribution in [3.8, 4) is 5.75 Å². The second-order valence-electron chi connectivity index (χ2n) is 3.81. The van der Waals surface area contributed by atoms with E-state index in [0.717, 1.165) is 25.6 Å². The molecule has 0 radical (unpaired) electrons. The Bertz CT molecular complexity index is 616. The quantitative estimate of drug-likeness (QED) is 0.657. The fourth-order valence-corrected chi connectivity index (χ4v) is 3.25. The lowest BCUT2D eigenvalue weighted by molar-refractivity contribution is 0.405. The lowest BCUT2D eigenvalue weighted by Gasteiger charge is -2.11. The molecule has 0 aliphatic heterocycles. The Morgan fingerprint density at radius 3 is 2.63 bits per heavy atom. The molecule has 5 heteroatoms. The van der Waals surface area contributed by atoms with Crippen molar-refractivity contribution >= 4 is 33.5 Å². The summed E-state index contributed by atoms with van der Waals surface area (Å²) < 4.78 is 6.28. The van der Waals surface area contributed by atoms with Gasteiger partial charge in [0.15, 0.2) is 0 Å². The number of para-hydroxylation sites is 1. The predicted molar refractivity (Wildman–Crippen MR) is 82.3 cm³/mol. The van der Waals surface area contributed by atoms with Crippen LogP contribution in [0.4, 0.5) is 0 Å². The van der Waals surface area contributed by atoms with Crippen molar-refractivity contribution < 1.29 is 4.74 Å². The minimum absolute atomic E-state index is 0.0601. The van der Waals surface area contributed by atoms with E-state index >= 15 is 0 Å². The van der Waals surface area contributed by atoms with Crippen molar-refractivity contribution in [2.45, 2.75) is 9.79 Å². The molecule has 0 saturated carbocycles. The maximum atomic E-state index is 7.63. The molecule has 0 bridgehead atoms. The van der Waals surface area contributed by atoms with Gasteiger partial charge in [0.2, 0.25) is 0 Å². The second-order valence-corrected chi connectivity index (χ2v) is 5.81. The highest BCUT2D eigenvalue weighted by Crippen LogP contribution is 2.37. The third-order valence-corrected chi connectivity index (χ3v) is 4.13.